The summed E-state index contributed by atoms with van der Waals surface area (Å²) in [6.45, 7) is 6.91. The fourth-order valence-electron chi connectivity index (χ4n) is 2.11. The van der Waals surface area contributed by atoms with Gasteiger partial charge in [-0.3, -0.25) is 4.90 Å². The molecular formula is C15H23N3O. The van der Waals surface area contributed by atoms with Gasteiger partial charge in [0.25, 0.3) is 0 Å². The quantitative estimate of drug-likeness (QED) is 0.766. The van der Waals surface area contributed by atoms with Crippen LogP contribution < -0.4 is 10.5 Å². The number of nitriles is 1. The standard InChI is InChI=1S/C15H23N3O/c1-12(2)10-18(6-4-5-16)11-13-7-14(17)9-15(8-13)19-3/h7-9,12H,4,6,10-11,17H2,1-3H3. The van der Waals surface area contributed by atoms with Crippen molar-refractivity contribution >= 4 is 5.69 Å². The predicted molar refractivity (Wildman–Crippen MR) is 77.8 cm³/mol. The van der Waals surface area contributed by atoms with E-state index in [4.69, 9.17) is 15.7 Å². The zero-order valence-corrected chi connectivity index (χ0v) is 12.0. The van der Waals surface area contributed by atoms with Crippen molar-refractivity contribution in [2.45, 2.75) is 26.8 Å². The minimum atomic E-state index is 0.548. The van der Waals surface area contributed by atoms with Crippen molar-refractivity contribution in [1.29, 1.82) is 5.26 Å². The summed E-state index contributed by atoms with van der Waals surface area (Å²) in [7, 11) is 1.64. The summed E-state index contributed by atoms with van der Waals surface area (Å²) in [4.78, 5) is 2.28. The van der Waals surface area contributed by atoms with Crippen molar-refractivity contribution in [1.82, 2.24) is 4.90 Å². The molecule has 0 aromatic heterocycles. The van der Waals surface area contributed by atoms with E-state index >= 15 is 0 Å². The Morgan fingerprint density at radius 3 is 2.68 bits per heavy atom. The van der Waals surface area contributed by atoms with Crippen LogP contribution in [0, 0.1) is 17.2 Å². The fraction of sp³-hybridized carbons (Fsp3) is 0.533. The van der Waals surface area contributed by atoms with Crippen LogP contribution in [0.4, 0.5) is 5.69 Å². The first-order valence-electron chi connectivity index (χ1n) is 6.58. The Hall–Kier alpha value is -1.73. The number of rotatable bonds is 7. The van der Waals surface area contributed by atoms with Gasteiger partial charge in [0.15, 0.2) is 0 Å². The van der Waals surface area contributed by atoms with Crippen molar-refractivity contribution < 1.29 is 4.74 Å². The number of ether oxygens (including phenoxy) is 1. The van der Waals surface area contributed by atoms with E-state index in [1.54, 1.807) is 7.11 Å². The van der Waals surface area contributed by atoms with Crippen molar-refractivity contribution in [2.75, 3.05) is 25.9 Å². The number of hydrogen-bond donors (Lipinski definition) is 1. The Morgan fingerprint density at radius 1 is 1.37 bits per heavy atom. The van der Waals surface area contributed by atoms with Crippen LogP contribution >= 0.6 is 0 Å². The Bertz CT molecular complexity index is 438. The highest BCUT2D eigenvalue weighted by Gasteiger charge is 2.09. The second-order valence-corrected chi connectivity index (χ2v) is 5.15. The smallest absolute Gasteiger partial charge is 0.121 e. The third kappa shape index (κ3) is 5.62. The van der Waals surface area contributed by atoms with Crippen LogP contribution in [0.25, 0.3) is 0 Å². The van der Waals surface area contributed by atoms with Gasteiger partial charge in [-0.05, 0) is 23.6 Å². The third-order valence-electron chi connectivity index (χ3n) is 2.79. The lowest BCUT2D eigenvalue weighted by Gasteiger charge is -2.23. The molecule has 0 aliphatic rings. The molecule has 4 nitrogen and oxygen atoms in total. The summed E-state index contributed by atoms with van der Waals surface area (Å²) in [6, 6.07) is 7.97. The third-order valence-corrected chi connectivity index (χ3v) is 2.79. The second-order valence-electron chi connectivity index (χ2n) is 5.15. The Kier molecular flexibility index (Phi) is 6.17. The number of nitrogens with zero attached hydrogens (tertiary/aromatic N) is 2. The Morgan fingerprint density at radius 2 is 2.11 bits per heavy atom. The molecule has 0 unspecified atom stereocenters. The zero-order chi connectivity index (χ0) is 14.3. The molecule has 0 amide bonds. The van der Waals surface area contributed by atoms with Crippen molar-refractivity contribution in [3.63, 3.8) is 0 Å². The monoisotopic (exact) mass is 261 g/mol. The van der Waals surface area contributed by atoms with E-state index in [1.165, 1.54) is 0 Å². The van der Waals surface area contributed by atoms with Crippen LogP contribution in [-0.4, -0.2) is 25.1 Å². The summed E-state index contributed by atoms with van der Waals surface area (Å²) in [5.74, 6) is 1.35. The highest BCUT2D eigenvalue weighted by Crippen LogP contribution is 2.20. The van der Waals surface area contributed by atoms with Gasteiger partial charge in [-0.2, -0.15) is 5.26 Å². The Labute approximate surface area is 115 Å². The van der Waals surface area contributed by atoms with Crippen LogP contribution in [0.3, 0.4) is 0 Å². The summed E-state index contributed by atoms with van der Waals surface area (Å²) in [6.07, 6.45) is 0.548. The summed E-state index contributed by atoms with van der Waals surface area (Å²) >= 11 is 0. The van der Waals surface area contributed by atoms with Gasteiger partial charge in [0.2, 0.25) is 0 Å². The van der Waals surface area contributed by atoms with Gasteiger partial charge in [-0.25, -0.2) is 0 Å². The molecule has 0 aliphatic heterocycles. The average Bonchev–Trinajstić information content (AvgIpc) is 2.34. The van der Waals surface area contributed by atoms with Crippen molar-refractivity contribution in [3.8, 4) is 11.8 Å². The minimum absolute atomic E-state index is 0.548. The molecule has 1 aromatic carbocycles. The molecule has 1 aromatic rings. The number of nitrogen functional groups attached to an aromatic ring is 1. The van der Waals surface area contributed by atoms with E-state index in [1.807, 2.05) is 18.2 Å². The van der Waals surface area contributed by atoms with Crippen LogP contribution in [0.5, 0.6) is 5.75 Å². The molecule has 0 radical (unpaired) electrons. The first-order valence-corrected chi connectivity index (χ1v) is 6.58. The molecule has 0 saturated heterocycles. The van der Waals surface area contributed by atoms with Gasteiger partial charge in [-0.15, -0.1) is 0 Å². The number of methoxy groups -OCH3 is 1. The molecule has 0 aliphatic carbocycles. The van der Waals surface area contributed by atoms with E-state index in [2.05, 4.69) is 24.8 Å². The van der Waals surface area contributed by atoms with E-state index in [0.29, 0.717) is 18.0 Å². The molecule has 0 saturated carbocycles. The summed E-state index contributed by atoms with van der Waals surface area (Å²) in [5.41, 5.74) is 7.69. The van der Waals surface area contributed by atoms with Crippen LogP contribution in [-0.2, 0) is 6.54 Å². The van der Waals surface area contributed by atoms with Gasteiger partial charge in [0.1, 0.15) is 5.75 Å². The van der Waals surface area contributed by atoms with Gasteiger partial charge in [0, 0.05) is 37.8 Å². The Balaban J connectivity index is 2.77. The van der Waals surface area contributed by atoms with Crippen LogP contribution in [0.1, 0.15) is 25.8 Å². The predicted octanol–water partition coefficient (Wildman–Crippen LogP) is 2.65. The summed E-state index contributed by atoms with van der Waals surface area (Å²) < 4.78 is 5.23. The molecule has 1 rings (SSSR count). The maximum absolute atomic E-state index is 8.72. The maximum Gasteiger partial charge on any atom is 0.121 e. The number of benzene rings is 1. The van der Waals surface area contributed by atoms with Gasteiger partial charge in [0.05, 0.1) is 13.2 Å². The van der Waals surface area contributed by atoms with Gasteiger partial charge >= 0.3 is 0 Å². The molecule has 104 valence electrons. The molecule has 2 N–H and O–H groups in total. The topological polar surface area (TPSA) is 62.3 Å². The SMILES string of the molecule is COc1cc(N)cc(CN(CCC#N)CC(C)C)c1. The van der Waals surface area contributed by atoms with Crippen LogP contribution in [0.15, 0.2) is 18.2 Å². The first kappa shape index (κ1) is 15.3. The first-order chi connectivity index (χ1) is 9.05. The number of hydrogen-bond acceptors (Lipinski definition) is 4. The number of nitrogens with two attached hydrogens (primary N) is 1. The lowest BCUT2D eigenvalue weighted by Crippen LogP contribution is -2.28. The minimum Gasteiger partial charge on any atom is -0.497 e. The highest BCUT2D eigenvalue weighted by atomic mass is 16.5. The van der Waals surface area contributed by atoms with E-state index in [-0.39, 0.29) is 0 Å². The normalized spacial score (nSPS) is 10.7. The van der Waals surface area contributed by atoms with E-state index in [9.17, 15) is 0 Å². The van der Waals surface area contributed by atoms with Crippen molar-refractivity contribution in [2.24, 2.45) is 5.92 Å². The molecule has 0 atom stereocenters. The largest absolute Gasteiger partial charge is 0.497 e. The summed E-state index contributed by atoms with van der Waals surface area (Å²) in [5, 5.41) is 8.72. The van der Waals surface area contributed by atoms with Gasteiger partial charge < -0.3 is 10.5 Å². The molecular weight excluding hydrogens is 238 g/mol. The molecule has 4 heteroatoms. The lowest BCUT2D eigenvalue weighted by molar-refractivity contribution is 0.241. The van der Waals surface area contributed by atoms with Crippen molar-refractivity contribution in [3.05, 3.63) is 23.8 Å². The zero-order valence-electron chi connectivity index (χ0n) is 12.0. The second kappa shape index (κ2) is 7.65. The fourth-order valence-corrected chi connectivity index (χ4v) is 2.11. The molecule has 0 heterocycles. The van der Waals surface area contributed by atoms with Gasteiger partial charge in [-0.1, -0.05) is 13.8 Å². The molecule has 19 heavy (non-hydrogen) atoms. The van der Waals surface area contributed by atoms with E-state index < -0.39 is 0 Å². The molecule has 0 bridgehead atoms. The molecule has 0 spiro atoms. The average molecular weight is 261 g/mol. The van der Waals surface area contributed by atoms with E-state index in [0.717, 1.165) is 30.9 Å². The highest BCUT2D eigenvalue weighted by molar-refractivity contribution is 5.47. The maximum atomic E-state index is 8.72. The number of anilines is 1. The van der Waals surface area contributed by atoms with Crippen LogP contribution in [0.2, 0.25) is 0 Å². The lowest BCUT2D eigenvalue weighted by atomic mass is 10.1. The molecule has 0 fully saturated rings.